The second-order valence-corrected chi connectivity index (χ2v) is 5.70. The maximum absolute atomic E-state index is 12.2. The van der Waals surface area contributed by atoms with Gasteiger partial charge < -0.3 is 15.0 Å². The fraction of sp³-hybridized carbons (Fsp3) is 0.500. The summed E-state index contributed by atoms with van der Waals surface area (Å²) in [6, 6.07) is 5.48. The number of carbonyl (C=O) groups is 2. The molecule has 1 aromatic rings. The van der Waals surface area contributed by atoms with Gasteiger partial charge in [0.2, 0.25) is 5.91 Å². The lowest BCUT2D eigenvalue weighted by Crippen LogP contribution is -2.44. The molecule has 0 saturated heterocycles. The van der Waals surface area contributed by atoms with E-state index in [2.05, 4.69) is 5.32 Å². The smallest absolute Gasteiger partial charge is 0.267 e. The van der Waals surface area contributed by atoms with E-state index in [-0.39, 0.29) is 17.7 Å². The number of hydrogen-bond donors (Lipinski definition) is 1. The number of anilines is 2. The summed E-state index contributed by atoms with van der Waals surface area (Å²) in [5.41, 5.74) is 1.46. The highest BCUT2D eigenvalue weighted by Gasteiger charge is 2.32. The van der Waals surface area contributed by atoms with Crippen molar-refractivity contribution in [3.63, 3.8) is 0 Å². The molecular formula is C16H20N2O3. The number of rotatable bonds is 4. The molecule has 1 saturated carbocycles. The Morgan fingerprint density at radius 1 is 1.43 bits per heavy atom. The highest BCUT2D eigenvalue weighted by molar-refractivity contribution is 6.01. The maximum Gasteiger partial charge on any atom is 0.267 e. The number of nitrogens with one attached hydrogen (secondary N) is 1. The summed E-state index contributed by atoms with van der Waals surface area (Å²) < 4.78 is 5.64. The molecule has 1 aliphatic carbocycles. The summed E-state index contributed by atoms with van der Waals surface area (Å²) in [4.78, 5) is 25.8. The monoisotopic (exact) mass is 288 g/mol. The van der Waals surface area contributed by atoms with Gasteiger partial charge in [0.1, 0.15) is 5.75 Å². The van der Waals surface area contributed by atoms with E-state index >= 15 is 0 Å². The van der Waals surface area contributed by atoms with Crippen LogP contribution < -0.4 is 15.0 Å². The third-order valence-electron chi connectivity index (χ3n) is 3.83. The molecule has 1 N–H and O–H groups in total. The molecule has 0 aromatic heterocycles. The topological polar surface area (TPSA) is 58.6 Å². The molecular weight excluding hydrogens is 268 g/mol. The molecule has 3 rings (SSSR count). The van der Waals surface area contributed by atoms with Gasteiger partial charge in [0.05, 0.1) is 5.69 Å². The molecule has 1 unspecified atom stereocenters. The van der Waals surface area contributed by atoms with Gasteiger partial charge in [-0.2, -0.15) is 0 Å². The predicted molar refractivity (Wildman–Crippen MR) is 80.5 cm³/mol. The first kappa shape index (κ1) is 13.9. The molecule has 1 aromatic carbocycles. The zero-order valence-corrected chi connectivity index (χ0v) is 12.4. The van der Waals surface area contributed by atoms with Crippen LogP contribution in [0.15, 0.2) is 18.2 Å². The van der Waals surface area contributed by atoms with Gasteiger partial charge in [-0.1, -0.05) is 6.92 Å². The van der Waals surface area contributed by atoms with Gasteiger partial charge in [0, 0.05) is 18.2 Å². The lowest BCUT2D eigenvalue weighted by molar-refractivity contribution is -0.125. The Morgan fingerprint density at radius 3 is 2.86 bits per heavy atom. The van der Waals surface area contributed by atoms with Crippen LogP contribution in [0.25, 0.3) is 0 Å². The second-order valence-electron chi connectivity index (χ2n) is 5.70. The first-order valence-corrected chi connectivity index (χ1v) is 7.53. The van der Waals surface area contributed by atoms with E-state index in [1.165, 1.54) is 0 Å². The molecule has 2 amide bonds. The third kappa shape index (κ3) is 2.73. The van der Waals surface area contributed by atoms with Gasteiger partial charge in [-0.3, -0.25) is 9.59 Å². The highest BCUT2D eigenvalue weighted by Crippen LogP contribution is 2.37. The Balaban J connectivity index is 1.87. The van der Waals surface area contributed by atoms with Gasteiger partial charge >= 0.3 is 0 Å². The fourth-order valence-corrected chi connectivity index (χ4v) is 2.53. The summed E-state index contributed by atoms with van der Waals surface area (Å²) in [7, 11) is 0. The molecule has 1 atom stereocenters. The minimum absolute atomic E-state index is 0.0324. The number of ether oxygens (including phenoxy) is 1. The van der Waals surface area contributed by atoms with Crippen LogP contribution in [-0.4, -0.2) is 24.5 Å². The fourth-order valence-electron chi connectivity index (χ4n) is 2.53. The standard InChI is InChI=1S/C16H20N2O3/c1-3-8-18-13-9-12(17-15(19)11-4-5-11)6-7-14(13)21-10(2)16(18)20/h6-7,9-11H,3-5,8H2,1-2H3,(H,17,19). The molecule has 112 valence electrons. The number of hydrogen-bond acceptors (Lipinski definition) is 3. The van der Waals surface area contributed by atoms with Crippen molar-refractivity contribution >= 4 is 23.2 Å². The van der Waals surface area contributed by atoms with Crippen molar-refractivity contribution in [3.05, 3.63) is 18.2 Å². The average Bonchev–Trinajstić information content (AvgIpc) is 3.29. The normalized spacial score (nSPS) is 20.8. The molecule has 0 radical (unpaired) electrons. The van der Waals surface area contributed by atoms with Gasteiger partial charge in [-0.05, 0) is 44.4 Å². The predicted octanol–water partition coefficient (Wildman–Crippen LogP) is 2.56. The zero-order valence-electron chi connectivity index (χ0n) is 12.4. The molecule has 5 heteroatoms. The minimum Gasteiger partial charge on any atom is -0.479 e. The summed E-state index contributed by atoms with van der Waals surface area (Å²) in [5.74, 6) is 0.883. The van der Waals surface area contributed by atoms with Crippen LogP contribution in [0.3, 0.4) is 0 Å². The van der Waals surface area contributed by atoms with Gasteiger partial charge in [0.15, 0.2) is 6.10 Å². The third-order valence-corrected chi connectivity index (χ3v) is 3.83. The van der Waals surface area contributed by atoms with E-state index < -0.39 is 6.10 Å². The molecule has 5 nitrogen and oxygen atoms in total. The van der Waals surface area contributed by atoms with Gasteiger partial charge in [-0.15, -0.1) is 0 Å². The Hall–Kier alpha value is -2.04. The van der Waals surface area contributed by atoms with Crippen molar-refractivity contribution in [3.8, 4) is 5.75 Å². The van der Waals surface area contributed by atoms with Crippen LogP contribution in [0, 0.1) is 5.92 Å². The number of amides is 2. The van der Waals surface area contributed by atoms with Crippen LogP contribution in [0.2, 0.25) is 0 Å². The average molecular weight is 288 g/mol. The largest absolute Gasteiger partial charge is 0.479 e. The number of carbonyl (C=O) groups excluding carboxylic acids is 2. The van der Waals surface area contributed by atoms with Crippen LogP contribution >= 0.6 is 0 Å². The summed E-state index contributed by atoms with van der Waals surface area (Å²) in [6.07, 6.45) is 2.35. The number of fused-ring (bicyclic) bond motifs is 1. The van der Waals surface area contributed by atoms with E-state index in [0.29, 0.717) is 12.3 Å². The van der Waals surface area contributed by atoms with Crippen molar-refractivity contribution in [2.24, 2.45) is 5.92 Å². The number of benzene rings is 1. The van der Waals surface area contributed by atoms with E-state index in [1.54, 1.807) is 11.8 Å². The maximum atomic E-state index is 12.2. The van der Waals surface area contributed by atoms with Crippen LogP contribution in [0.5, 0.6) is 5.75 Å². The van der Waals surface area contributed by atoms with Crippen molar-refractivity contribution < 1.29 is 14.3 Å². The highest BCUT2D eigenvalue weighted by atomic mass is 16.5. The summed E-state index contributed by atoms with van der Waals surface area (Å²) >= 11 is 0. The van der Waals surface area contributed by atoms with Gasteiger partial charge in [-0.25, -0.2) is 0 Å². The Bertz CT molecular complexity index is 581. The quantitative estimate of drug-likeness (QED) is 0.926. The van der Waals surface area contributed by atoms with Crippen molar-refractivity contribution in [2.75, 3.05) is 16.8 Å². The Labute approximate surface area is 124 Å². The number of nitrogens with zero attached hydrogens (tertiary/aromatic N) is 1. The first-order chi connectivity index (χ1) is 10.1. The van der Waals surface area contributed by atoms with E-state index in [0.717, 1.165) is 30.6 Å². The lowest BCUT2D eigenvalue weighted by atomic mass is 10.1. The molecule has 21 heavy (non-hydrogen) atoms. The first-order valence-electron chi connectivity index (χ1n) is 7.53. The molecule has 1 heterocycles. The molecule has 2 aliphatic rings. The van der Waals surface area contributed by atoms with Crippen LogP contribution in [-0.2, 0) is 9.59 Å². The van der Waals surface area contributed by atoms with E-state index in [9.17, 15) is 9.59 Å². The lowest BCUT2D eigenvalue weighted by Gasteiger charge is -2.33. The molecule has 0 spiro atoms. The summed E-state index contributed by atoms with van der Waals surface area (Å²) in [6.45, 7) is 4.45. The minimum atomic E-state index is -0.462. The molecule has 0 bridgehead atoms. The Morgan fingerprint density at radius 2 is 2.19 bits per heavy atom. The summed E-state index contributed by atoms with van der Waals surface area (Å²) in [5, 5.41) is 2.91. The second kappa shape index (κ2) is 5.39. The molecule has 1 aliphatic heterocycles. The van der Waals surface area contributed by atoms with Crippen LogP contribution in [0.1, 0.15) is 33.1 Å². The van der Waals surface area contributed by atoms with E-state index in [1.807, 2.05) is 25.1 Å². The van der Waals surface area contributed by atoms with E-state index in [4.69, 9.17) is 4.74 Å². The Kier molecular flexibility index (Phi) is 3.57. The van der Waals surface area contributed by atoms with Crippen LogP contribution in [0.4, 0.5) is 11.4 Å². The zero-order chi connectivity index (χ0) is 15.0. The molecule has 1 fully saturated rings. The van der Waals surface area contributed by atoms with Crippen molar-refractivity contribution in [1.29, 1.82) is 0 Å². The van der Waals surface area contributed by atoms with Gasteiger partial charge in [0.25, 0.3) is 5.91 Å². The SMILES string of the molecule is CCCN1C(=O)C(C)Oc2ccc(NC(=O)C3CC3)cc21. The van der Waals surface area contributed by atoms with Crippen molar-refractivity contribution in [2.45, 2.75) is 39.2 Å². The van der Waals surface area contributed by atoms with Crippen molar-refractivity contribution in [1.82, 2.24) is 0 Å².